The Bertz CT molecular complexity index is 1100. The Morgan fingerprint density at radius 3 is 2.56 bits per heavy atom. The molecule has 0 bridgehead atoms. The number of rotatable bonds is 11. The van der Waals surface area contributed by atoms with Gasteiger partial charge in [0.15, 0.2) is 5.82 Å². The van der Waals surface area contributed by atoms with Gasteiger partial charge >= 0.3 is 12.1 Å². The van der Waals surface area contributed by atoms with Crippen molar-refractivity contribution in [1.82, 2.24) is 24.5 Å². The number of ether oxygens (including phenoxy) is 1. The van der Waals surface area contributed by atoms with Crippen molar-refractivity contribution < 1.29 is 27.8 Å². The number of alkyl halides is 3. The van der Waals surface area contributed by atoms with E-state index in [9.17, 15) is 18.0 Å². The van der Waals surface area contributed by atoms with Crippen LogP contribution in [0.3, 0.4) is 0 Å². The van der Waals surface area contributed by atoms with Crippen LogP contribution < -0.4 is 4.74 Å². The molecule has 0 unspecified atom stereocenters. The number of hydrogen-bond acceptors (Lipinski definition) is 5. The number of unbranched alkanes of at least 4 members (excludes halogenated alkanes) is 1. The number of aryl methyl sites for hydroxylation is 3. The summed E-state index contributed by atoms with van der Waals surface area (Å²) < 4.78 is 47.2. The first-order valence-electron chi connectivity index (χ1n) is 11.0. The summed E-state index contributed by atoms with van der Waals surface area (Å²) in [4.78, 5) is 14.7. The van der Waals surface area contributed by atoms with Gasteiger partial charge in [-0.3, -0.25) is 9.48 Å². The summed E-state index contributed by atoms with van der Waals surface area (Å²) in [6.45, 7) is 4.49. The molecule has 8 nitrogen and oxygen atoms in total. The molecule has 184 valence electrons. The highest BCUT2D eigenvalue weighted by atomic mass is 19.4. The van der Waals surface area contributed by atoms with E-state index < -0.39 is 17.7 Å². The van der Waals surface area contributed by atoms with Gasteiger partial charge < -0.3 is 9.84 Å². The van der Waals surface area contributed by atoms with Crippen LogP contribution >= 0.6 is 0 Å². The predicted molar refractivity (Wildman–Crippen MR) is 118 cm³/mol. The van der Waals surface area contributed by atoms with E-state index in [0.717, 1.165) is 48.5 Å². The quantitative estimate of drug-likeness (QED) is 0.405. The smallest absolute Gasteiger partial charge is 0.417 e. The fourth-order valence-electron chi connectivity index (χ4n) is 3.52. The van der Waals surface area contributed by atoms with Crippen molar-refractivity contribution in [2.45, 2.75) is 58.0 Å². The zero-order valence-corrected chi connectivity index (χ0v) is 19.3. The lowest BCUT2D eigenvalue weighted by Crippen LogP contribution is -2.07. The van der Waals surface area contributed by atoms with Crippen LogP contribution in [0.25, 0.3) is 5.82 Å². The van der Waals surface area contributed by atoms with Crippen molar-refractivity contribution in [2.75, 3.05) is 6.61 Å². The second-order valence-electron chi connectivity index (χ2n) is 8.34. The summed E-state index contributed by atoms with van der Waals surface area (Å²) >= 11 is 0. The van der Waals surface area contributed by atoms with Gasteiger partial charge in [-0.05, 0) is 49.3 Å². The first kappa shape index (κ1) is 25.3. The highest BCUT2D eigenvalue weighted by molar-refractivity contribution is 5.67. The zero-order valence-electron chi connectivity index (χ0n) is 19.3. The summed E-state index contributed by atoms with van der Waals surface area (Å²) in [5.41, 5.74) is 1.90. The topological polar surface area (TPSA) is 95.1 Å². The second kappa shape index (κ2) is 10.7. The van der Waals surface area contributed by atoms with Gasteiger partial charge in [-0.2, -0.15) is 18.3 Å². The second-order valence-corrected chi connectivity index (χ2v) is 8.34. The minimum absolute atomic E-state index is 0.0346. The van der Waals surface area contributed by atoms with Gasteiger partial charge in [0.1, 0.15) is 0 Å². The Labute approximate surface area is 195 Å². The van der Waals surface area contributed by atoms with Gasteiger partial charge in [-0.1, -0.05) is 13.8 Å². The standard InChI is InChI=1S/C23H28F3N5O3/c1-15(2)22-16(14-31(29-22)19-9-7-17(13-27-19)23(24,25)26)6-4-5-11-34-20-12-18(30(3)28-20)8-10-21(32)33/h7,9,12-15H,4-6,8,10-11H2,1-3H3,(H,32,33). The van der Waals surface area contributed by atoms with Crippen molar-refractivity contribution >= 4 is 5.97 Å². The molecule has 0 aliphatic rings. The van der Waals surface area contributed by atoms with Gasteiger partial charge in [0, 0.05) is 31.2 Å². The zero-order chi connectivity index (χ0) is 24.9. The van der Waals surface area contributed by atoms with Crippen molar-refractivity contribution in [3.8, 4) is 11.7 Å². The average Bonchev–Trinajstić information content (AvgIpc) is 3.35. The molecule has 1 N–H and O–H groups in total. The Hall–Kier alpha value is -3.37. The predicted octanol–water partition coefficient (Wildman–Crippen LogP) is 4.56. The lowest BCUT2D eigenvalue weighted by Gasteiger charge is -2.06. The summed E-state index contributed by atoms with van der Waals surface area (Å²) in [5, 5.41) is 17.6. The average molecular weight is 480 g/mol. The molecule has 0 atom stereocenters. The molecule has 11 heteroatoms. The SMILES string of the molecule is CC(C)c1nn(-c2ccc(C(F)(F)F)cn2)cc1CCCCOc1cc(CCC(=O)O)n(C)n1. The molecule has 0 radical (unpaired) electrons. The first-order chi connectivity index (χ1) is 16.0. The molecule has 0 saturated heterocycles. The molecule has 0 saturated carbocycles. The molecule has 3 aromatic rings. The van der Waals surface area contributed by atoms with Crippen LogP contribution in [0.15, 0.2) is 30.6 Å². The highest BCUT2D eigenvalue weighted by Crippen LogP contribution is 2.29. The van der Waals surface area contributed by atoms with Crippen LogP contribution in [0.2, 0.25) is 0 Å². The third kappa shape index (κ3) is 6.58. The monoisotopic (exact) mass is 479 g/mol. The van der Waals surface area contributed by atoms with Gasteiger partial charge in [-0.25, -0.2) is 9.67 Å². The molecule has 0 amide bonds. The summed E-state index contributed by atoms with van der Waals surface area (Å²) in [6.07, 6.45) is 0.954. The first-order valence-corrected chi connectivity index (χ1v) is 11.0. The fraction of sp³-hybridized carbons (Fsp3) is 0.478. The number of aliphatic carboxylic acids is 1. The van der Waals surface area contributed by atoms with E-state index in [2.05, 4.69) is 15.2 Å². The molecule has 3 heterocycles. The van der Waals surface area contributed by atoms with Crippen molar-refractivity contribution in [2.24, 2.45) is 7.05 Å². The summed E-state index contributed by atoms with van der Waals surface area (Å²) in [6, 6.07) is 4.07. The molecule has 0 fully saturated rings. The minimum Gasteiger partial charge on any atom is -0.481 e. The maximum atomic E-state index is 12.8. The third-order valence-corrected chi connectivity index (χ3v) is 5.32. The number of aromatic nitrogens is 5. The fourth-order valence-corrected chi connectivity index (χ4v) is 3.52. The molecular formula is C23H28F3N5O3. The number of carbonyl (C=O) groups is 1. The van der Waals surface area contributed by atoms with Crippen molar-refractivity contribution in [3.05, 3.63) is 53.1 Å². The maximum Gasteiger partial charge on any atom is 0.417 e. The number of nitrogens with zero attached hydrogens (tertiary/aromatic N) is 5. The van der Waals surface area contributed by atoms with E-state index in [1.807, 2.05) is 20.0 Å². The van der Waals surface area contributed by atoms with Crippen LogP contribution in [0.5, 0.6) is 5.88 Å². The van der Waals surface area contributed by atoms with Crippen molar-refractivity contribution in [1.29, 1.82) is 0 Å². The van der Waals surface area contributed by atoms with Gasteiger partial charge in [-0.15, -0.1) is 5.10 Å². The number of hydrogen-bond donors (Lipinski definition) is 1. The highest BCUT2D eigenvalue weighted by Gasteiger charge is 2.30. The van der Waals surface area contributed by atoms with Gasteiger partial charge in [0.25, 0.3) is 0 Å². The van der Waals surface area contributed by atoms with Crippen LogP contribution in [0, 0.1) is 0 Å². The molecule has 0 aliphatic carbocycles. The Kier molecular flexibility index (Phi) is 7.95. The van der Waals surface area contributed by atoms with E-state index in [-0.39, 0.29) is 12.3 Å². The lowest BCUT2D eigenvalue weighted by atomic mass is 10.0. The summed E-state index contributed by atoms with van der Waals surface area (Å²) in [7, 11) is 1.75. The van der Waals surface area contributed by atoms with E-state index >= 15 is 0 Å². The molecule has 3 rings (SSSR count). The Morgan fingerprint density at radius 1 is 1.18 bits per heavy atom. The molecule has 0 spiro atoms. The molecule has 0 aromatic carbocycles. The lowest BCUT2D eigenvalue weighted by molar-refractivity contribution is -0.138. The van der Waals surface area contributed by atoms with Gasteiger partial charge in [0.2, 0.25) is 5.88 Å². The Balaban J connectivity index is 1.55. The molecule has 34 heavy (non-hydrogen) atoms. The molecule has 3 aromatic heterocycles. The number of pyridine rings is 1. The van der Waals surface area contributed by atoms with E-state index in [1.54, 1.807) is 17.8 Å². The van der Waals surface area contributed by atoms with Crippen molar-refractivity contribution in [3.63, 3.8) is 0 Å². The largest absolute Gasteiger partial charge is 0.481 e. The normalized spacial score (nSPS) is 11.9. The number of carboxylic acid groups (broad SMARTS) is 1. The van der Waals surface area contributed by atoms with E-state index in [4.69, 9.17) is 9.84 Å². The van der Waals surface area contributed by atoms with Crippen LogP contribution in [-0.4, -0.2) is 42.2 Å². The molecular weight excluding hydrogens is 451 g/mol. The Morgan fingerprint density at radius 2 is 1.94 bits per heavy atom. The maximum absolute atomic E-state index is 12.8. The number of halogens is 3. The van der Waals surface area contributed by atoms with E-state index in [0.29, 0.717) is 24.7 Å². The number of carboxylic acids is 1. The van der Waals surface area contributed by atoms with Crippen LogP contribution in [0.1, 0.15) is 61.5 Å². The minimum atomic E-state index is -4.43. The van der Waals surface area contributed by atoms with E-state index in [1.165, 1.54) is 10.7 Å². The summed E-state index contributed by atoms with van der Waals surface area (Å²) in [5.74, 6) is 0.0897. The van der Waals surface area contributed by atoms with Crippen LogP contribution in [-0.2, 0) is 30.9 Å². The van der Waals surface area contributed by atoms with Crippen LogP contribution in [0.4, 0.5) is 13.2 Å². The molecule has 0 aliphatic heterocycles. The van der Waals surface area contributed by atoms with Gasteiger partial charge in [0.05, 0.1) is 24.3 Å². The third-order valence-electron chi connectivity index (χ3n) is 5.32.